The first kappa shape index (κ1) is 24.0. The molecule has 8 nitrogen and oxygen atoms in total. The normalized spacial score (nSPS) is 16.1. The van der Waals surface area contributed by atoms with Crippen LogP contribution in [-0.2, 0) is 14.8 Å². The molecular formula is C24H27FN4O4S. The summed E-state index contributed by atoms with van der Waals surface area (Å²) in [5, 5.41) is 4.00. The van der Waals surface area contributed by atoms with E-state index in [-0.39, 0.29) is 28.5 Å². The van der Waals surface area contributed by atoms with Gasteiger partial charge < -0.3 is 9.42 Å². The van der Waals surface area contributed by atoms with Crippen LogP contribution in [0.4, 0.5) is 4.39 Å². The molecule has 0 unspecified atom stereocenters. The van der Waals surface area contributed by atoms with E-state index in [9.17, 15) is 17.6 Å². The third kappa shape index (κ3) is 5.34. The molecule has 1 fully saturated rings. The highest BCUT2D eigenvalue weighted by Crippen LogP contribution is 2.29. The van der Waals surface area contributed by atoms with Crippen LogP contribution in [0.3, 0.4) is 0 Å². The van der Waals surface area contributed by atoms with E-state index in [4.69, 9.17) is 4.52 Å². The maximum absolute atomic E-state index is 13.2. The average molecular weight is 487 g/mol. The third-order valence-electron chi connectivity index (χ3n) is 5.97. The predicted octanol–water partition coefficient (Wildman–Crippen LogP) is 3.58. The minimum Gasteiger partial charge on any atom is -0.341 e. The van der Waals surface area contributed by atoms with E-state index < -0.39 is 16.1 Å². The standard InChI is InChI=1S/C24H27FN4O4S/c1-16(2)21(28-34(31,32)20-6-4-3-5-7-20)24(30)29-14-12-18(13-15-29)23-26-22(27-33-23)17-8-10-19(25)11-9-17/h3-11,16,18,21,28H,12-15H2,1-2H3/t21-/m1/s1. The smallest absolute Gasteiger partial charge is 0.241 e. The number of likely N-dealkylation sites (tertiary alicyclic amines) is 1. The summed E-state index contributed by atoms with van der Waals surface area (Å²) in [6, 6.07) is 13.0. The number of carbonyl (C=O) groups excluding carboxylic acids is 1. The molecule has 3 aromatic rings. The molecule has 2 aromatic carbocycles. The van der Waals surface area contributed by atoms with Crippen molar-refractivity contribution in [2.75, 3.05) is 13.1 Å². The maximum Gasteiger partial charge on any atom is 0.241 e. The van der Waals surface area contributed by atoms with Gasteiger partial charge in [0, 0.05) is 24.6 Å². The first-order valence-electron chi connectivity index (χ1n) is 11.2. The number of hydrogen-bond donors (Lipinski definition) is 1. The van der Waals surface area contributed by atoms with Gasteiger partial charge in [-0.25, -0.2) is 12.8 Å². The van der Waals surface area contributed by atoms with E-state index in [1.807, 2.05) is 13.8 Å². The molecule has 1 amide bonds. The molecule has 0 aliphatic carbocycles. The number of piperidine rings is 1. The van der Waals surface area contributed by atoms with Crippen LogP contribution >= 0.6 is 0 Å². The zero-order chi connectivity index (χ0) is 24.3. The molecule has 0 saturated carbocycles. The van der Waals surface area contributed by atoms with Crippen LogP contribution in [0, 0.1) is 11.7 Å². The minimum absolute atomic E-state index is 0.00995. The summed E-state index contributed by atoms with van der Waals surface area (Å²) in [7, 11) is -3.82. The molecule has 1 saturated heterocycles. The van der Waals surface area contributed by atoms with E-state index in [2.05, 4.69) is 14.9 Å². The van der Waals surface area contributed by atoms with Gasteiger partial charge in [-0.05, 0) is 55.2 Å². The van der Waals surface area contributed by atoms with Crippen molar-refractivity contribution in [3.63, 3.8) is 0 Å². The van der Waals surface area contributed by atoms with Crippen molar-refractivity contribution in [2.24, 2.45) is 5.92 Å². The molecule has 0 bridgehead atoms. The monoisotopic (exact) mass is 486 g/mol. The molecule has 1 N–H and O–H groups in total. The van der Waals surface area contributed by atoms with Crippen molar-refractivity contribution in [2.45, 2.75) is 43.5 Å². The second-order valence-corrected chi connectivity index (χ2v) is 10.4. The Balaban J connectivity index is 1.40. The number of amides is 1. The number of nitrogens with zero attached hydrogens (tertiary/aromatic N) is 3. The Hall–Kier alpha value is -3.11. The number of halogens is 1. The minimum atomic E-state index is -3.82. The van der Waals surface area contributed by atoms with Gasteiger partial charge in [0.15, 0.2) is 0 Å². The quantitative estimate of drug-likeness (QED) is 0.547. The van der Waals surface area contributed by atoms with Crippen molar-refractivity contribution in [1.29, 1.82) is 0 Å². The molecular weight excluding hydrogens is 459 g/mol. The van der Waals surface area contributed by atoms with E-state index in [0.29, 0.717) is 43.2 Å². The Labute approximate surface area is 198 Å². The number of nitrogens with one attached hydrogen (secondary N) is 1. The number of aromatic nitrogens is 2. The van der Waals surface area contributed by atoms with Gasteiger partial charge in [-0.2, -0.15) is 9.71 Å². The summed E-state index contributed by atoms with van der Waals surface area (Å²) in [6.07, 6.45) is 1.24. The Bertz CT molecular complexity index is 1220. The highest BCUT2D eigenvalue weighted by atomic mass is 32.2. The van der Waals surface area contributed by atoms with Gasteiger partial charge in [0.2, 0.25) is 27.6 Å². The van der Waals surface area contributed by atoms with Crippen LogP contribution in [0.2, 0.25) is 0 Å². The van der Waals surface area contributed by atoms with Gasteiger partial charge in [0.25, 0.3) is 0 Å². The van der Waals surface area contributed by atoms with Gasteiger partial charge in [-0.1, -0.05) is 37.2 Å². The van der Waals surface area contributed by atoms with Crippen molar-refractivity contribution in [3.8, 4) is 11.4 Å². The largest absolute Gasteiger partial charge is 0.341 e. The zero-order valence-corrected chi connectivity index (χ0v) is 19.8. The fourth-order valence-corrected chi connectivity index (χ4v) is 5.33. The molecule has 0 spiro atoms. The predicted molar refractivity (Wildman–Crippen MR) is 124 cm³/mol. The summed E-state index contributed by atoms with van der Waals surface area (Å²) < 4.78 is 46.7. The number of sulfonamides is 1. The van der Waals surface area contributed by atoms with Gasteiger partial charge in [0.05, 0.1) is 4.90 Å². The number of carbonyl (C=O) groups is 1. The highest BCUT2D eigenvalue weighted by Gasteiger charge is 2.34. The topological polar surface area (TPSA) is 105 Å². The summed E-state index contributed by atoms with van der Waals surface area (Å²) in [5.74, 6) is 0.0586. The number of rotatable bonds is 7. The second kappa shape index (κ2) is 10.0. The first-order valence-corrected chi connectivity index (χ1v) is 12.7. The van der Waals surface area contributed by atoms with Crippen molar-refractivity contribution in [1.82, 2.24) is 19.8 Å². The van der Waals surface area contributed by atoms with Crippen LogP contribution in [0.5, 0.6) is 0 Å². The van der Waals surface area contributed by atoms with Crippen molar-refractivity contribution >= 4 is 15.9 Å². The van der Waals surface area contributed by atoms with E-state index >= 15 is 0 Å². The molecule has 0 radical (unpaired) electrons. The molecule has 10 heteroatoms. The van der Waals surface area contributed by atoms with Crippen LogP contribution in [0.1, 0.15) is 38.5 Å². The first-order chi connectivity index (χ1) is 16.2. The Morgan fingerprint density at radius 1 is 1.09 bits per heavy atom. The maximum atomic E-state index is 13.2. The fourth-order valence-electron chi connectivity index (χ4n) is 3.97. The van der Waals surface area contributed by atoms with E-state index in [1.165, 1.54) is 24.3 Å². The number of benzene rings is 2. The van der Waals surface area contributed by atoms with E-state index in [1.54, 1.807) is 35.2 Å². The second-order valence-electron chi connectivity index (χ2n) is 8.72. The molecule has 180 valence electrons. The SMILES string of the molecule is CC(C)[C@@H](NS(=O)(=O)c1ccccc1)C(=O)N1CCC(c2nc(-c3ccc(F)cc3)no2)CC1. The molecule has 34 heavy (non-hydrogen) atoms. The Morgan fingerprint density at radius 3 is 2.35 bits per heavy atom. The summed E-state index contributed by atoms with van der Waals surface area (Å²) >= 11 is 0. The summed E-state index contributed by atoms with van der Waals surface area (Å²) in [4.78, 5) is 19.5. The van der Waals surface area contributed by atoms with Crippen LogP contribution in [0.25, 0.3) is 11.4 Å². The molecule has 1 aliphatic rings. The molecule has 2 heterocycles. The molecule has 1 aliphatic heterocycles. The fraction of sp³-hybridized carbons (Fsp3) is 0.375. The van der Waals surface area contributed by atoms with Crippen LogP contribution in [0.15, 0.2) is 64.0 Å². The highest BCUT2D eigenvalue weighted by molar-refractivity contribution is 7.89. The summed E-state index contributed by atoms with van der Waals surface area (Å²) in [5.41, 5.74) is 0.662. The molecule has 4 rings (SSSR count). The van der Waals surface area contributed by atoms with E-state index in [0.717, 1.165) is 0 Å². The lowest BCUT2D eigenvalue weighted by Crippen LogP contribution is -2.52. The lowest BCUT2D eigenvalue weighted by Gasteiger charge is -2.34. The third-order valence-corrected chi connectivity index (χ3v) is 7.43. The molecule has 1 atom stereocenters. The lowest BCUT2D eigenvalue weighted by atomic mass is 9.95. The van der Waals surface area contributed by atoms with Gasteiger partial charge in [-0.3, -0.25) is 4.79 Å². The van der Waals surface area contributed by atoms with Crippen molar-refractivity contribution < 1.29 is 22.1 Å². The summed E-state index contributed by atoms with van der Waals surface area (Å²) in [6.45, 7) is 4.54. The Kier molecular flexibility index (Phi) is 7.08. The lowest BCUT2D eigenvalue weighted by molar-refractivity contribution is -0.135. The van der Waals surface area contributed by atoms with Gasteiger partial charge in [0.1, 0.15) is 11.9 Å². The van der Waals surface area contributed by atoms with Gasteiger partial charge in [-0.15, -0.1) is 0 Å². The molecule has 1 aromatic heterocycles. The number of hydrogen-bond acceptors (Lipinski definition) is 6. The Morgan fingerprint density at radius 2 is 1.74 bits per heavy atom. The van der Waals surface area contributed by atoms with Crippen LogP contribution < -0.4 is 4.72 Å². The van der Waals surface area contributed by atoms with Crippen LogP contribution in [-0.4, -0.2) is 48.5 Å². The van der Waals surface area contributed by atoms with Gasteiger partial charge >= 0.3 is 0 Å². The van der Waals surface area contributed by atoms with Crippen molar-refractivity contribution in [3.05, 3.63) is 66.3 Å². The zero-order valence-electron chi connectivity index (χ0n) is 19.0. The average Bonchev–Trinajstić information content (AvgIpc) is 3.33.